The van der Waals surface area contributed by atoms with Crippen LogP contribution in [0.25, 0.3) is 11.5 Å². The highest BCUT2D eigenvalue weighted by Crippen LogP contribution is 2.17. The average Bonchev–Trinajstić information content (AvgIpc) is 2.62. The number of nitrogens with zero attached hydrogens (tertiary/aromatic N) is 3. The summed E-state index contributed by atoms with van der Waals surface area (Å²) < 4.78 is 0. The number of carbonyl (C=O) groups is 2. The zero-order valence-corrected chi connectivity index (χ0v) is 12.9. The monoisotopic (exact) mass is 327 g/mol. The second-order valence-corrected chi connectivity index (χ2v) is 5.68. The van der Waals surface area contributed by atoms with Gasteiger partial charge >= 0.3 is 0 Å². The van der Waals surface area contributed by atoms with E-state index >= 15 is 0 Å². The van der Waals surface area contributed by atoms with Crippen molar-refractivity contribution >= 4 is 11.8 Å². The normalized spacial score (nSPS) is 17.5. The lowest BCUT2D eigenvalue weighted by Gasteiger charge is -2.30. The van der Waals surface area contributed by atoms with E-state index in [2.05, 4.69) is 15.0 Å². The molecule has 2 amide bonds. The van der Waals surface area contributed by atoms with Crippen LogP contribution < -0.4 is 11.3 Å². The maximum atomic E-state index is 12.5. The third-order valence-electron chi connectivity index (χ3n) is 4.05. The number of pyridine rings is 1. The van der Waals surface area contributed by atoms with Gasteiger partial charge in [0.15, 0.2) is 5.82 Å². The Bertz CT molecular complexity index is 818. The first-order chi connectivity index (χ1) is 11.6. The van der Waals surface area contributed by atoms with Gasteiger partial charge in [-0.15, -0.1) is 0 Å². The molecule has 1 atom stereocenters. The van der Waals surface area contributed by atoms with Crippen LogP contribution in [0.2, 0.25) is 0 Å². The summed E-state index contributed by atoms with van der Waals surface area (Å²) in [6.07, 6.45) is 4.17. The van der Waals surface area contributed by atoms with Gasteiger partial charge in [-0.05, 0) is 25.0 Å². The summed E-state index contributed by atoms with van der Waals surface area (Å²) in [5, 5.41) is 0. The van der Waals surface area contributed by atoms with Gasteiger partial charge in [0.1, 0.15) is 11.3 Å². The van der Waals surface area contributed by atoms with Crippen LogP contribution in [0.4, 0.5) is 0 Å². The minimum absolute atomic E-state index is 0.0557. The average molecular weight is 327 g/mol. The first-order valence-corrected chi connectivity index (χ1v) is 7.65. The zero-order chi connectivity index (χ0) is 17.1. The van der Waals surface area contributed by atoms with E-state index in [1.807, 2.05) is 0 Å². The molecule has 124 valence electrons. The van der Waals surface area contributed by atoms with Gasteiger partial charge < -0.3 is 15.6 Å². The Labute approximate surface area is 137 Å². The minimum Gasteiger partial charge on any atom is -0.369 e. The number of aromatic nitrogens is 3. The van der Waals surface area contributed by atoms with Crippen molar-refractivity contribution in [1.29, 1.82) is 0 Å². The maximum absolute atomic E-state index is 12.5. The summed E-state index contributed by atoms with van der Waals surface area (Å²) >= 11 is 0. The minimum atomic E-state index is -0.531. The molecule has 1 saturated heterocycles. The van der Waals surface area contributed by atoms with E-state index < -0.39 is 17.4 Å². The number of carbonyl (C=O) groups excluding carboxylic acids is 2. The number of hydrogen-bond acceptors (Lipinski definition) is 5. The molecule has 0 aliphatic carbocycles. The number of H-pyrrole nitrogens is 1. The number of hydrogen-bond donors (Lipinski definition) is 2. The molecular formula is C16H17N5O3. The van der Waals surface area contributed by atoms with Crippen LogP contribution in [0.3, 0.4) is 0 Å². The lowest BCUT2D eigenvalue weighted by atomic mass is 9.97. The zero-order valence-electron chi connectivity index (χ0n) is 12.9. The fourth-order valence-corrected chi connectivity index (χ4v) is 2.74. The Kier molecular flexibility index (Phi) is 4.37. The molecule has 2 aromatic rings. The van der Waals surface area contributed by atoms with Gasteiger partial charge in [-0.2, -0.15) is 0 Å². The summed E-state index contributed by atoms with van der Waals surface area (Å²) in [5.74, 6) is -0.944. The van der Waals surface area contributed by atoms with E-state index in [9.17, 15) is 14.4 Å². The number of piperidine rings is 1. The van der Waals surface area contributed by atoms with Crippen LogP contribution in [0, 0.1) is 5.92 Å². The molecule has 3 N–H and O–H groups in total. The van der Waals surface area contributed by atoms with E-state index in [-0.39, 0.29) is 18.0 Å². The van der Waals surface area contributed by atoms with Gasteiger partial charge in [0, 0.05) is 25.5 Å². The Balaban J connectivity index is 1.83. The highest BCUT2D eigenvalue weighted by atomic mass is 16.2. The highest BCUT2D eigenvalue weighted by Gasteiger charge is 2.28. The quantitative estimate of drug-likeness (QED) is 0.832. The summed E-state index contributed by atoms with van der Waals surface area (Å²) in [4.78, 5) is 48.4. The highest BCUT2D eigenvalue weighted by molar-refractivity contribution is 5.94. The molecule has 0 bridgehead atoms. The number of likely N-dealkylation sites (tertiary alicyclic amines) is 1. The number of nitrogens with two attached hydrogens (primary N) is 1. The van der Waals surface area contributed by atoms with Crippen molar-refractivity contribution in [2.75, 3.05) is 13.1 Å². The van der Waals surface area contributed by atoms with E-state index in [4.69, 9.17) is 5.73 Å². The number of amides is 2. The third kappa shape index (κ3) is 3.17. The number of rotatable bonds is 3. The molecule has 0 unspecified atom stereocenters. The predicted octanol–water partition coefficient (Wildman–Crippen LogP) is 0.169. The number of aromatic amines is 1. The molecule has 3 rings (SSSR count). The lowest BCUT2D eigenvalue weighted by Crippen LogP contribution is -2.45. The second-order valence-electron chi connectivity index (χ2n) is 5.68. The van der Waals surface area contributed by atoms with E-state index in [1.54, 1.807) is 24.4 Å². The lowest BCUT2D eigenvalue weighted by molar-refractivity contribution is -0.123. The Morgan fingerprint density at radius 2 is 2.12 bits per heavy atom. The number of primary amides is 1. The molecule has 3 heterocycles. The molecule has 0 radical (unpaired) electrons. The van der Waals surface area contributed by atoms with Gasteiger partial charge in [-0.25, -0.2) is 4.98 Å². The molecule has 8 heteroatoms. The summed E-state index contributed by atoms with van der Waals surface area (Å²) in [6.45, 7) is 0.722. The fourth-order valence-electron chi connectivity index (χ4n) is 2.74. The molecule has 1 aliphatic heterocycles. The van der Waals surface area contributed by atoms with Crippen molar-refractivity contribution in [1.82, 2.24) is 19.9 Å². The second kappa shape index (κ2) is 6.61. The molecule has 0 spiro atoms. The summed E-state index contributed by atoms with van der Waals surface area (Å²) in [6, 6.07) is 5.24. The number of nitrogens with one attached hydrogen (secondary N) is 1. The molecule has 1 fully saturated rings. The van der Waals surface area contributed by atoms with Crippen molar-refractivity contribution in [3.05, 3.63) is 46.5 Å². The van der Waals surface area contributed by atoms with Gasteiger partial charge in [0.2, 0.25) is 5.91 Å². The van der Waals surface area contributed by atoms with Gasteiger partial charge in [0.25, 0.3) is 11.5 Å². The van der Waals surface area contributed by atoms with Crippen molar-refractivity contribution in [3.63, 3.8) is 0 Å². The van der Waals surface area contributed by atoms with Crippen LogP contribution >= 0.6 is 0 Å². The first kappa shape index (κ1) is 15.9. The van der Waals surface area contributed by atoms with Gasteiger partial charge in [-0.3, -0.25) is 19.4 Å². The molecule has 1 aliphatic rings. The largest absolute Gasteiger partial charge is 0.369 e. The summed E-state index contributed by atoms with van der Waals surface area (Å²) in [5.41, 5.74) is 5.25. The topological polar surface area (TPSA) is 122 Å². The molecule has 0 saturated carbocycles. The predicted molar refractivity (Wildman–Crippen MR) is 85.9 cm³/mol. The van der Waals surface area contributed by atoms with Crippen molar-refractivity contribution in [3.8, 4) is 11.5 Å². The van der Waals surface area contributed by atoms with Gasteiger partial charge in [-0.1, -0.05) is 6.07 Å². The maximum Gasteiger partial charge on any atom is 0.264 e. The summed E-state index contributed by atoms with van der Waals surface area (Å²) in [7, 11) is 0. The van der Waals surface area contributed by atoms with Crippen molar-refractivity contribution < 1.29 is 9.59 Å². The molecule has 24 heavy (non-hydrogen) atoms. The molecule has 2 aromatic heterocycles. The Morgan fingerprint density at radius 3 is 2.79 bits per heavy atom. The Hall–Kier alpha value is -3.03. The first-order valence-electron chi connectivity index (χ1n) is 7.65. The smallest absolute Gasteiger partial charge is 0.264 e. The van der Waals surface area contributed by atoms with Crippen LogP contribution in [0.1, 0.15) is 23.2 Å². The van der Waals surface area contributed by atoms with Crippen molar-refractivity contribution in [2.45, 2.75) is 12.8 Å². The van der Waals surface area contributed by atoms with Crippen LogP contribution in [-0.4, -0.2) is 44.8 Å². The van der Waals surface area contributed by atoms with E-state index in [1.165, 1.54) is 11.1 Å². The van der Waals surface area contributed by atoms with Crippen LogP contribution in [0.5, 0.6) is 0 Å². The van der Waals surface area contributed by atoms with Crippen molar-refractivity contribution in [2.24, 2.45) is 11.7 Å². The SMILES string of the molecule is NC(=O)[C@@H]1CCCN(C(=O)c2cnc(-c3ccccn3)[nH]c2=O)C1. The van der Waals surface area contributed by atoms with E-state index in [0.717, 1.165) is 0 Å². The standard InChI is InChI=1S/C16H17N5O3/c17-13(22)10-4-3-7-21(9-10)16(24)11-8-19-14(20-15(11)23)12-5-1-2-6-18-12/h1-2,5-6,8,10H,3-4,7,9H2,(H2,17,22)(H,19,20,23)/t10-/m1/s1. The van der Waals surface area contributed by atoms with Crippen LogP contribution in [0.15, 0.2) is 35.4 Å². The Morgan fingerprint density at radius 1 is 1.29 bits per heavy atom. The molecule has 0 aromatic carbocycles. The fraction of sp³-hybridized carbons (Fsp3) is 0.312. The van der Waals surface area contributed by atoms with Gasteiger partial charge in [0.05, 0.1) is 5.92 Å². The van der Waals surface area contributed by atoms with E-state index in [0.29, 0.717) is 30.9 Å². The van der Waals surface area contributed by atoms with Crippen LogP contribution in [-0.2, 0) is 4.79 Å². The third-order valence-corrected chi connectivity index (χ3v) is 4.05. The molecule has 8 nitrogen and oxygen atoms in total. The molecular weight excluding hydrogens is 310 g/mol.